The molecule has 1 aromatic carbocycles. The maximum atomic E-state index is 15.2. The van der Waals surface area contributed by atoms with Gasteiger partial charge in [-0.1, -0.05) is 36.6 Å². The van der Waals surface area contributed by atoms with Crippen molar-refractivity contribution in [1.29, 1.82) is 0 Å². The van der Waals surface area contributed by atoms with Crippen LogP contribution in [0.25, 0.3) is 11.9 Å². The summed E-state index contributed by atoms with van der Waals surface area (Å²) in [5, 5.41) is 2.85. The number of benzene rings is 1. The molecule has 37 heavy (non-hydrogen) atoms. The fourth-order valence-corrected chi connectivity index (χ4v) is 5.80. The number of carbonyl (C=O) groups excluding carboxylic acids is 1. The molecular formula is C28H30F2N4O2S. The van der Waals surface area contributed by atoms with Gasteiger partial charge in [0, 0.05) is 30.3 Å². The van der Waals surface area contributed by atoms with Gasteiger partial charge in [-0.3, -0.25) is 14.8 Å². The number of amidine groups is 1. The lowest BCUT2D eigenvalue weighted by molar-refractivity contribution is -0.124. The van der Waals surface area contributed by atoms with Crippen LogP contribution in [-0.4, -0.2) is 41.1 Å². The van der Waals surface area contributed by atoms with Crippen LogP contribution >= 0.6 is 11.8 Å². The van der Waals surface area contributed by atoms with Gasteiger partial charge in [0.05, 0.1) is 29.9 Å². The van der Waals surface area contributed by atoms with Crippen molar-refractivity contribution < 1.29 is 18.3 Å². The molecule has 0 bridgehead atoms. The van der Waals surface area contributed by atoms with Gasteiger partial charge in [0.25, 0.3) is 0 Å². The van der Waals surface area contributed by atoms with Gasteiger partial charge < -0.3 is 15.8 Å². The molecule has 0 unspecified atom stereocenters. The van der Waals surface area contributed by atoms with Crippen LogP contribution in [0.5, 0.6) is 0 Å². The molecule has 0 radical (unpaired) electrons. The summed E-state index contributed by atoms with van der Waals surface area (Å²) in [5.74, 6) is 4.47. The number of hydrogen-bond donors (Lipinski definition) is 2. The summed E-state index contributed by atoms with van der Waals surface area (Å²) >= 11 is 1.15. The fraction of sp³-hybridized carbons (Fsp3) is 0.393. The lowest BCUT2D eigenvalue weighted by Gasteiger charge is -2.46. The Hall–Kier alpha value is -3.22. The van der Waals surface area contributed by atoms with E-state index in [9.17, 15) is 4.79 Å². The summed E-state index contributed by atoms with van der Waals surface area (Å²) in [4.78, 5) is 21.5. The second-order valence-electron chi connectivity index (χ2n) is 10.1. The third kappa shape index (κ3) is 5.13. The second kappa shape index (κ2) is 9.92. The van der Waals surface area contributed by atoms with Gasteiger partial charge in [0.1, 0.15) is 16.4 Å². The van der Waals surface area contributed by atoms with E-state index in [1.54, 1.807) is 39.1 Å². The SMILES string of the molecule is CNC(=O)[C@@]1(C)SC(N)=N[C@](C)(c2cc(/C=C(\F)c3ccc(C#CC4(C)COC4)cn3)ccc2F)[C@@H]1C. The molecule has 194 valence electrons. The minimum Gasteiger partial charge on any atom is -0.378 e. The van der Waals surface area contributed by atoms with Crippen molar-refractivity contribution in [2.75, 3.05) is 20.3 Å². The van der Waals surface area contributed by atoms with Crippen molar-refractivity contribution >= 4 is 34.7 Å². The number of hydrogen-bond acceptors (Lipinski definition) is 6. The number of nitrogens with two attached hydrogens (primary N) is 1. The summed E-state index contributed by atoms with van der Waals surface area (Å²) < 4.78 is 34.5. The van der Waals surface area contributed by atoms with Crippen molar-refractivity contribution in [3.8, 4) is 11.8 Å². The van der Waals surface area contributed by atoms with Crippen LogP contribution in [0, 0.1) is 29.0 Å². The monoisotopic (exact) mass is 524 g/mol. The van der Waals surface area contributed by atoms with Crippen molar-refractivity contribution in [2.45, 2.75) is 38.0 Å². The first-order chi connectivity index (χ1) is 17.4. The van der Waals surface area contributed by atoms with Gasteiger partial charge in [-0.2, -0.15) is 0 Å². The smallest absolute Gasteiger partial charge is 0.236 e. The number of nitrogens with one attached hydrogen (secondary N) is 1. The van der Waals surface area contributed by atoms with Gasteiger partial charge >= 0.3 is 0 Å². The zero-order chi connectivity index (χ0) is 27.0. The Morgan fingerprint density at radius 1 is 1.27 bits per heavy atom. The number of carbonyl (C=O) groups is 1. The van der Waals surface area contributed by atoms with Crippen LogP contribution in [-0.2, 0) is 15.1 Å². The van der Waals surface area contributed by atoms with Crippen molar-refractivity contribution in [3.05, 3.63) is 64.7 Å². The van der Waals surface area contributed by atoms with E-state index in [1.807, 2.05) is 13.8 Å². The largest absolute Gasteiger partial charge is 0.378 e. The summed E-state index contributed by atoms with van der Waals surface area (Å²) in [6.07, 6.45) is 2.81. The average Bonchev–Trinajstić information content (AvgIpc) is 2.85. The lowest BCUT2D eigenvalue weighted by Crippen LogP contribution is -2.55. The molecule has 2 aliphatic heterocycles. The fourth-order valence-electron chi connectivity index (χ4n) is 4.53. The number of ether oxygens (including phenoxy) is 1. The zero-order valence-electron chi connectivity index (χ0n) is 21.5. The van der Waals surface area contributed by atoms with E-state index in [0.717, 1.165) is 11.8 Å². The summed E-state index contributed by atoms with van der Waals surface area (Å²) in [5.41, 5.74) is 6.28. The van der Waals surface area contributed by atoms with Crippen LogP contribution in [0.1, 0.15) is 50.1 Å². The van der Waals surface area contributed by atoms with E-state index in [-0.39, 0.29) is 27.7 Å². The van der Waals surface area contributed by atoms with Gasteiger partial charge in [-0.25, -0.2) is 8.78 Å². The Bertz CT molecular complexity index is 1340. The molecule has 3 heterocycles. The molecule has 0 aliphatic carbocycles. The normalized spacial score (nSPS) is 26.8. The molecule has 2 aromatic rings. The zero-order valence-corrected chi connectivity index (χ0v) is 22.3. The summed E-state index contributed by atoms with van der Waals surface area (Å²) in [6.45, 7) is 8.57. The number of aliphatic imine (C=N–C) groups is 1. The molecule has 1 fully saturated rings. The van der Waals surface area contributed by atoms with Crippen LogP contribution < -0.4 is 11.1 Å². The van der Waals surface area contributed by atoms with E-state index in [4.69, 9.17) is 10.5 Å². The maximum absolute atomic E-state index is 15.2. The topological polar surface area (TPSA) is 89.6 Å². The van der Waals surface area contributed by atoms with Crippen molar-refractivity contribution in [3.63, 3.8) is 0 Å². The predicted molar refractivity (Wildman–Crippen MR) is 144 cm³/mol. The first kappa shape index (κ1) is 26.8. The highest BCUT2D eigenvalue weighted by atomic mass is 32.2. The molecule has 2 aliphatic rings. The molecule has 4 rings (SSSR count). The first-order valence-electron chi connectivity index (χ1n) is 11.9. The number of amides is 1. The number of rotatable bonds is 4. The third-order valence-corrected chi connectivity index (χ3v) is 8.46. The molecule has 9 heteroatoms. The minimum atomic E-state index is -1.15. The Kier molecular flexibility index (Phi) is 7.19. The first-order valence-corrected chi connectivity index (χ1v) is 12.7. The Balaban J connectivity index is 1.64. The van der Waals surface area contributed by atoms with E-state index in [1.165, 1.54) is 24.4 Å². The van der Waals surface area contributed by atoms with Crippen LogP contribution in [0.3, 0.4) is 0 Å². The Morgan fingerprint density at radius 3 is 2.59 bits per heavy atom. The highest BCUT2D eigenvalue weighted by Gasteiger charge is 2.53. The van der Waals surface area contributed by atoms with E-state index >= 15 is 8.78 Å². The number of halogens is 2. The van der Waals surface area contributed by atoms with Crippen LogP contribution in [0.2, 0.25) is 0 Å². The van der Waals surface area contributed by atoms with E-state index in [2.05, 4.69) is 27.1 Å². The number of pyridine rings is 1. The molecule has 3 N–H and O–H groups in total. The Labute approximate surface area is 220 Å². The van der Waals surface area contributed by atoms with Crippen molar-refractivity contribution in [2.24, 2.45) is 22.1 Å². The minimum absolute atomic E-state index is 0.137. The molecule has 0 spiro atoms. The van der Waals surface area contributed by atoms with Crippen LogP contribution in [0.4, 0.5) is 8.78 Å². The van der Waals surface area contributed by atoms with E-state index < -0.39 is 27.8 Å². The van der Waals surface area contributed by atoms with Gasteiger partial charge in [0.2, 0.25) is 5.91 Å². The number of thioether (sulfide) groups is 1. The Morgan fingerprint density at radius 2 is 2.00 bits per heavy atom. The number of aromatic nitrogens is 1. The van der Waals surface area contributed by atoms with Gasteiger partial charge in [-0.05, 0) is 56.7 Å². The quantitative estimate of drug-likeness (QED) is 0.575. The average molecular weight is 525 g/mol. The molecule has 0 saturated carbocycles. The van der Waals surface area contributed by atoms with Crippen molar-refractivity contribution in [1.82, 2.24) is 10.3 Å². The predicted octanol–water partition coefficient (Wildman–Crippen LogP) is 4.49. The van der Waals surface area contributed by atoms with Gasteiger partial charge in [0.15, 0.2) is 5.17 Å². The van der Waals surface area contributed by atoms with Gasteiger partial charge in [-0.15, -0.1) is 0 Å². The molecule has 1 aromatic heterocycles. The maximum Gasteiger partial charge on any atom is 0.236 e. The summed E-state index contributed by atoms with van der Waals surface area (Å²) in [6, 6.07) is 7.57. The standard InChI is InChI=1S/C28H30F2N4O2S/c1-17-27(3,34-25(31)37-28(17,4)24(35)32-5)20-12-19(6-8-21(20)29)13-22(30)23-9-7-18(14-33-23)10-11-26(2)15-36-16-26/h6-9,12-14,17H,15-16H2,1-5H3,(H2,31,34)(H,32,35)/b22-13-/t17-,27-,28-/m0/s1. The highest BCUT2D eigenvalue weighted by molar-refractivity contribution is 8.15. The van der Waals surface area contributed by atoms with E-state index in [0.29, 0.717) is 24.3 Å². The van der Waals surface area contributed by atoms with Crippen LogP contribution in [0.15, 0.2) is 41.5 Å². The highest BCUT2D eigenvalue weighted by Crippen LogP contribution is 2.50. The second-order valence-corrected chi connectivity index (χ2v) is 11.5. The molecule has 3 atom stereocenters. The summed E-state index contributed by atoms with van der Waals surface area (Å²) in [7, 11) is 1.55. The molecule has 1 saturated heterocycles. The molecule has 6 nitrogen and oxygen atoms in total. The number of nitrogens with zero attached hydrogens (tertiary/aromatic N) is 2. The molecule has 1 amide bonds. The molecular weight excluding hydrogens is 494 g/mol. The lowest BCUT2D eigenvalue weighted by atomic mass is 9.73. The third-order valence-electron chi connectivity index (χ3n) is 7.19.